The van der Waals surface area contributed by atoms with Crippen molar-refractivity contribution >= 4 is 11.8 Å². The lowest BCUT2D eigenvalue weighted by atomic mass is 9.85. The number of hydrogen-bond donors (Lipinski definition) is 1. The van der Waals surface area contributed by atoms with E-state index in [1.807, 2.05) is 7.05 Å². The van der Waals surface area contributed by atoms with E-state index < -0.39 is 0 Å². The van der Waals surface area contributed by atoms with Crippen LogP contribution in [0.1, 0.15) is 36.8 Å². The summed E-state index contributed by atoms with van der Waals surface area (Å²) in [6, 6.07) is 8.53. The number of nitrogens with zero attached hydrogens (tertiary/aromatic N) is 2. The fourth-order valence-corrected chi connectivity index (χ4v) is 4.89. The second-order valence-corrected chi connectivity index (χ2v) is 8.72. The van der Waals surface area contributed by atoms with E-state index in [0.29, 0.717) is 19.1 Å². The molecule has 2 heterocycles. The number of carbonyl (C=O) groups excluding carboxylic acids is 2. The number of carbonyl (C=O) groups is 2. The fourth-order valence-electron chi connectivity index (χ4n) is 4.89. The average molecular weight is 400 g/mol. The first-order valence-corrected chi connectivity index (χ1v) is 11.1. The van der Waals surface area contributed by atoms with E-state index in [-0.39, 0.29) is 23.9 Å². The van der Waals surface area contributed by atoms with Crippen LogP contribution in [0.2, 0.25) is 0 Å². The SMILES string of the molecule is CN1CCOC[C@H]1C(=O)NC1CCC(C(=O)N2CCc3ccccc3CC2)CC1. The highest BCUT2D eigenvalue weighted by Gasteiger charge is 2.33. The van der Waals surface area contributed by atoms with Crippen molar-refractivity contribution in [2.75, 3.05) is 39.9 Å². The van der Waals surface area contributed by atoms with Crippen molar-refractivity contribution in [1.82, 2.24) is 15.1 Å². The highest BCUT2D eigenvalue weighted by molar-refractivity contribution is 5.82. The van der Waals surface area contributed by atoms with Gasteiger partial charge in [-0.2, -0.15) is 0 Å². The highest BCUT2D eigenvalue weighted by Crippen LogP contribution is 2.27. The summed E-state index contributed by atoms with van der Waals surface area (Å²) in [4.78, 5) is 29.8. The van der Waals surface area contributed by atoms with E-state index in [0.717, 1.165) is 58.2 Å². The van der Waals surface area contributed by atoms with Gasteiger partial charge in [0.05, 0.1) is 13.2 Å². The van der Waals surface area contributed by atoms with Gasteiger partial charge in [0.2, 0.25) is 11.8 Å². The van der Waals surface area contributed by atoms with Gasteiger partial charge in [-0.05, 0) is 56.7 Å². The lowest BCUT2D eigenvalue weighted by Gasteiger charge is -2.35. The summed E-state index contributed by atoms with van der Waals surface area (Å²) < 4.78 is 5.46. The number of likely N-dealkylation sites (N-methyl/N-ethyl adjacent to an activating group) is 1. The minimum atomic E-state index is -0.193. The molecule has 0 spiro atoms. The summed E-state index contributed by atoms with van der Waals surface area (Å²) in [6.45, 7) is 3.59. The first-order valence-electron chi connectivity index (χ1n) is 11.1. The number of hydrogen-bond acceptors (Lipinski definition) is 4. The van der Waals surface area contributed by atoms with Crippen LogP contribution in [0.5, 0.6) is 0 Å². The zero-order valence-electron chi connectivity index (χ0n) is 17.4. The molecular weight excluding hydrogens is 366 g/mol. The molecule has 3 aliphatic rings. The number of benzene rings is 1. The number of morpholine rings is 1. The van der Waals surface area contributed by atoms with Crippen LogP contribution in [-0.2, 0) is 27.2 Å². The van der Waals surface area contributed by atoms with E-state index in [1.54, 1.807) is 0 Å². The normalized spacial score (nSPS) is 28.3. The predicted octanol–water partition coefficient (Wildman–Crippen LogP) is 1.62. The Labute approximate surface area is 173 Å². The van der Waals surface area contributed by atoms with Gasteiger partial charge in [0.1, 0.15) is 6.04 Å². The molecule has 158 valence electrons. The minimum absolute atomic E-state index is 0.0623. The Hall–Kier alpha value is -1.92. The van der Waals surface area contributed by atoms with Crippen molar-refractivity contribution in [3.05, 3.63) is 35.4 Å². The first-order chi connectivity index (χ1) is 14.1. The molecule has 1 aromatic carbocycles. The number of amides is 2. The molecule has 2 aliphatic heterocycles. The summed E-state index contributed by atoms with van der Waals surface area (Å²) in [7, 11) is 1.97. The largest absolute Gasteiger partial charge is 0.378 e. The number of nitrogens with one attached hydrogen (secondary N) is 1. The lowest BCUT2D eigenvalue weighted by molar-refractivity contribution is -0.136. The molecule has 0 bridgehead atoms. The summed E-state index contributed by atoms with van der Waals surface area (Å²) in [5.41, 5.74) is 2.76. The van der Waals surface area contributed by atoms with Gasteiger partial charge in [-0.1, -0.05) is 24.3 Å². The Morgan fingerprint density at radius 1 is 1.00 bits per heavy atom. The second-order valence-electron chi connectivity index (χ2n) is 8.72. The molecule has 2 fully saturated rings. The molecule has 29 heavy (non-hydrogen) atoms. The van der Waals surface area contributed by atoms with E-state index >= 15 is 0 Å². The number of ether oxygens (including phenoxy) is 1. The Morgan fingerprint density at radius 3 is 2.28 bits per heavy atom. The van der Waals surface area contributed by atoms with Crippen LogP contribution in [0.4, 0.5) is 0 Å². The van der Waals surface area contributed by atoms with Crippen molar-refractivity contribution in [3.63, 3.8) is 0 Å². The molecule has 1 saturated carbocycles. The Kier molecular flexibility index (Phi) is 6.50. The van der Waals surface area contributed by atoms with Crippen LogP contribution in [0.15, 0.2) is 24.3 Å². The Bertz CT molecular complexity index is 703. The zero-order chi connectivity index (χ0) is 20.2. The molecular formula is C23H33N3O3. The first kappa shape index (κ1) is 20.4. The Balaban J connectivity index is 1.25. The average Bonchev–Trinajstić information content (AvgIpc) is 2.97. The standard InChI is InChI=1S/C23H33N3O3/c1-25-14-15-29-16-21(25)22(27)24-20-8-6-19(7-9-20)23(28)26-12-10-17-4-2-3-5-18(17)11-13-26/h2-5,19-21H,6-16H2,1H3,(H,24,27)/t19?,20?,21-/m0/s1. The molecule has 1 aromatic rings. The zero-order valence-corrected chi connectivity index (χ0v) is 17.4. The van der Waals surface area contributed by atoms with Crippen molar-refractivity contribution < 1.29 is 14.3 Å². The summed E-state index contributed by atoms with van der Waals surface area (Å²) in [5.74, 6) is 0.473. The molecule has 1 aliphatic carbocycles. The van der Waals surface area contributed by atoms with E-state index in [2.05, 4.69) is 39.4 Å². The van der Waals surface area contributed by atoms with Crippen molar-refractivity contribution in [2.45, 2.75) is 50.6 Å². The molecule has 4 rings (SSSR count). The third kappa shape index (κ3) is 4.81. The van der Waals surface area contributed by atoms with Crippen molar-refractivity contribution in [2.24, 2.45) is 5.92 Å². The maximum atomic E-state index is 13.1. The van der Waals surface area contributed by atoms with E-state index in [4.69, 9.17) is 4.74 Å². The monoisotopic (exact) mass is 399 g/mol. The van der Waals surface area contributed by atoms with E-state index in [9.17, 15) is 9.59 Å². The molecule has 0 aromatic heterocycles. The predicted molar refractivity (Wildman–Crippen MR) is 112 cm³/mol. The quantitative estimate of drug-likeness (QED) is 0.839. The summed E-state index contributed by atoms with van der Waals surface area (Å²) >= 11 is 0. The van der Waals surface area contributed by atoms with Crippen LogP contribution >= 0.6 is 0 Å². The second kappa shape index (κ2) is 9.26. The molecule has 2 amide bonds. The smallest absolute Gasteiger partial charge is 0.239 e. The maximum absolute atomic E-state index is 13.1. The van der Waals surface area contributed by atoms with Crippen LogP contribution < -0.4 is 5.32 Å². The van der Waals surface area contributed by atoms with Crippen LogP contribution in [0.25, 0.3) is 0 Å². The van der Waals surface area contributed by atoms with Gasteiger partial charge < -0.3 is 15.0 Å². The summed E-state index contributed by atoms with van der Waals surface area (Å²) in [5, 5.41) is 3.19. The van der Waals surface area contributed by atoms with Crippen LogP contribution in [-0.4, -0.2) is 73.6 Å². The van der Waals surface area contributed by atoms with Crippen LogP contribution in [0, 0.1) is 5.92 Å². The number of fused-ring (bicyclic) bond motifs is 1. The molecule has 0 unspecified atom stereocenters. The van der Waals surface area contributed by atoms with Gasteiger partial charge in [0.25, 0.3) is 0 Å². The van der Waals surface area contributed by atoms with E-state index in [1.165, 1.54) is 11.1 Å². The third-order valence-electron chi connectivity index (χ3n) is 6.85. The van der Waals surface area contributed by atoms with Gasteiger partial charge in [-0.25, -0.2) is 0 Å². The topological polar surface area (TPSA) is 61.9 Å². The number of rotatable bonds is 3. The third-order valence-corrected chi connectivity index (χ3v) is 6.85. The highest BCUT2D eigenvalue weighted by atomic mass is 16.5. The van der Waals surface area contributed by atoms with Gasteiger partial charge in [0, 0.05) is 31.6 Å². The van der Waals surface area contributed by atoms with Crippen molar-refractivity contribution in [3.8, 4) is 0 Å². The molecule has 1 atom stereocenters. The fraction of sp³-hybridized carbons (Fsp3) is 0.652. The van der Waals surface area contributed by atoms with Gasteiger partial charge in [-0.15, -0.1) is 0 Å². The van der Waals surface area contributed by atoms with Crippen molar-refractivity contribution in [1.29, 1.82) is 0 Å². The Morgan fingerprint density at radius 2 is 1.66 bits per heavy atom. The van der Waals surface area contributed by atoms with Crippen LogP contribution in [0.3, 0.4) is 0 Å². The molecule has 1 N–H and O–H groups in total. The van der Waals surface area contributed by atoms with Gasteiger partial charge >= 0.3 is 0 Å². The molecule has 6 heteroatoms. The van der Waals surface area contributed by atoms with Gasteiger partial charge in [-0.3, -0.25) is 14.5 Å². The molecule has 1 saturated heterocycles. The van der Waals surface area contributed by atoms with Gasteiger partial charge in [0.15, 0.2) is 0 Å². The molecule has 6 nitrogen and oxygen atoms in total. The lowest BCUT2D eigenvalue weighted by Crippen LogP contribution is -2.54. The molecule has 0 radical (unpaired) electrons. The minimum Gasteiger partial charge on any atom is -0.378 e. The maximum Gasteiger partial charge on any atom is 0.239 e. The summed E-state index contributed by atoms with van der Waals surface area (Å²) in [6.07, 6.45) is 5.39.